The Bertz CT molecular complexity index is 1000. The van der Waals surface area contributed by atoms with E-state index in [0.29, 0.717) is 0 Å². The first-order valence-electron chi connectivity index (χ1n) is 13.0. The van der Waals surface area contributed by atoms with E-state index in [4.69, 9.17) is 25.6 Å². The van der Waals surface area contributed by atoms with Crippen LogP contribution in [0.15, 0.2) is 60.7 Å². The van der Waals surface area contributed by atoms with Crippen LogP contribution in [0.4, 0.5) is 0 Å². The van der Waals surface area contributed by atoms with Gasteiger partial charge in [0.05, 0.1) is 13.2 Å². The lowest BCUT2D eigenvalue weighted by molar-refractivity contribution is -0.148. The summed E-state index contributed by atoms with van der Waals surface area (Å²) in [6, 6.07) is 16.0. The van der Waals surface area contributed by atoms with Crippen molar-refractivity contribution in [1.29, 1.82) is 0 Å². The second-order valence-electron chi connectivity index (χ2n) is 11.9. The molecule has 0 aliphatic rings. The summed E-state index contributed by atoms with van der Waals surface area (Å²) in [4.78, 5) is 26.4. The SMILES string of the molecule is CC(C)(C)COC(=O)C(Cc1ccccc1)NP(=O)(NC(Cc1ccccc1)C(=O)OCC(C)(C)C)OCCl. The lowest BCUT2D eigenvalue weighted by Gasteiger charge is -2.29. The smallest absolute Gasteiger partial charge is 0.343 e. The number of hydrogen-bond donors (Lipinski definition) is 2. The van der Waals surface area contributed by atoms with E-state index >= 15 is 0 Å². The molecule has 0 fully saturated rings. The molecular weight excluding hydrogens is 539 g/mol. The molecule has 2 atom stereocenters. The van der Waals surface area contributed by atoms with Crippen LogP contribution in [0.25, 0.3) is 0 Å². The van der Waals surface area contributed by atoms with Crippen molar-refractivity contribution in [3.63, 3.8) is 0 Å². The van der Waals surface area contributed by atoms with Crippen LogP contribution in [0, 0.1) is 10.8 Å². The molecule has 0 saturated heterocycles. The van der Waals surface area contributed by atoms with Crippen LogP contribution in [0.2, 0.25) is 0 Å². The fraction of sp³-hybridized carbons (Fsp3) is 0.517. The first-order chi connectivity index (χ1) is 18.2. The van der Waals surface area contributed by atoms with Crippen LogP contribution < -0.4 is 10.2 Å². The third kappa shape index (κ3) is 13.1. The lowest BCUT2D eigenvalue weighted by atomic mass is 9.98. The monoisotopic (exact) mass is 580 g/mol. The van der Waals surface area contributed by atoms with Gasteiger partial charge in [-0.3, -0.25) is 18.7 Å². The molecule has 39 heavy (non-hydrogen) atoms. The predicted octanol–water partition coefficient (Wildman–Crippen LogP) is 5.89. The van der Waals surface area contributed by atoms with Gasteiger partial charge in [0.15, 0.2) is 0 Å². The molecule has 0 bridgehead atoms. The van der Waals surface area contributed by atoms with Gasteiger partial charge in [0.2, 0.25) is 0 Å². The maximum atomic E-state index is 14.1. The highest BCUT2D eigenvalue weighted by atomic mass is 35.5. The molecule has 0 radical (unpaired) electrons. The van der Waals surface area contributed by atoms with E-state index in [1.807, 2.05) is 102 Å². The predicted molar refractivity (Wildman–Crippen MR) is 154 cm³/mol. The Morgan fingerprint density at radius 2 is 1.10 bits per heavy atom. The number of hydrogen-bond acceptors (Lipinski definition) is 6. The number of halogens is 1. The van der Waals surface area contributed by atoms with Gasteiger partial charge in [-0.05, 0) is 34.8 Å². The standard InChI is InChI=1S/C29H42ClN2O6P/c1-28(2,3)19-36-26(33)24(17-22-13-9-7-10-14-22)31-39(35,38-21-30)32-25(18-23-15-11-8-12-16-23)27(34)37-20-29(4,5)6/h7-16,24-25H,17-21H2,1-6H3,(H2,31,32,35). The van der Waals surface area contributed by atoms with E-state index in [2.05, 4.69) is 10.2 Å². The quantitative estimate of drug-likeness (QED) is 0.162. The van der Waals surface area contributed by atoms with Gasteiger partial charge in [-0.15, -0.1) is 0 Å². The highest BCUT2D eigenvalue weighted by Crippen LogP contribution is 2.40. The van der Waals surface area contributed by atoms with Gasteiger partial charge in [0, 0.05) is 0 Å². The average Bonchev–Trinajstić information content (AvgIpc) is 2.85. The molecule has 0 heterocycles. The topological polar surface area (TPSA) is 103 Å². The lowest BCUT2D eigenvalue weighted by Crippen LogP contribution is -2.46. The van der Waals surface area contributed by atoms with Gasteiger partial charge in [0.25, 0.3) is 0 Å². The van der Waals surface area contributed by atoms with Crippen molar-refractivity contribution in [2.24, 2.45) is 10.8 Å². The van der Waals surface area contributed by atoms with Crippen molar-refractivity contribution < 1.29 is 28.2 Å². The molecule has 2 unspecified atom stereocenters. The van der Waals surface area contributed by atoms with Crippen molar-refractivity contribution in [3.8, 4) is 0 Å². The van der Waals surface area contributed by atoms with E-state index in [9.17, 15) is 14.2 Å². The Kier molecular flexibility index (Phi) is 12.7. The summed E-state index contributed by atoms with van der Waals surface area (Å²) in [5, 5.41) is 5.63. The van der Waals surface area contributed by atoms with Gasteiger partial charge in [-0.25, -0.2) is 10.2 Å². The van der Waals surface area contributed by atoms with E-state index in [1.165, 1.54) is 0 Å². The Labute approximate surface area is 237 Å². The number of esters is 2. The summed E-state index contributed by atoms with van der Waals surface area (Å²) in [7, 11) is -4.08. The first kappa shape index (κ1) is 33.0. The Hall–Kier alpha value is -2.22. The number of alkyl halides is 1. The molecule has 0 aliphatic heterocycles. The summed E-state index contributed by atoms with van der Waals surface area (Å²) in [6.45, 7) is 12.0. The number of nitrogens with one attached hydrogen (secondary N) is 2. The van der Waals surface area contributed by atoms with Crippen molar-refractivity contribution >= 4 is 31.2 Å². The minimum atomic E-state index is -4.08. The van der Waals surface area contributed by atoms with Gasteiger partial charge in [-0.1, -0.05) is 114 Å². The zero-order valence-electron chi connectivity index (χ0n) is 23.7. The van der Waals surface area contributed by atoms with Crippen molar-refractivity contribution in [2.75, 3.05) is 19.3 Å². The molecule has 216 valence electrons. The van der Waals surface area contributed by atoms with E-state index < -0.39 is 37.8 Å². The van der Waals surface area contributed by atoms with Gasteiger partial charge in [0.1, 0.15) is 18.1 Å². The maximum absolute atomic E-state index is 14.1. The molecular formula is C29H42ClN2O6P. The molecule has 8 nitrogen and oxygen atoms in total. The summed E-state index contributed by atoms with van der Waals surface area (Å²) < 4.78 is 30.6. The molecule has 2 aromatic rings. The Morgan fingerprint density at radius 3 is 1.41 bits per heavy atom. The third-order valence-electron chi connectivity index (χ3n) is 5.31. The maximum Gasteiger partial charge on any atom is 0.343 e. The molecule has 10 heteroatoms. The van der Waals surface area contributed by atoms with Crippen LogP contribution in [0.5, 0.6) is 0 Å². The van der Waals surface area contributed by atoms with Crippen molar-refractivity contribution in [2.45, 2.75) is 66.5 Å². The van der Waals surface area contributed by atoms with E-state index in [0.717, 1.165) is 11.1 Å². The van der Waals surface area contributed by atoms with Crippen LogP contribution in [-0.4, -0.2) is 43.3 Å². The van der Waals surface area contributed by atoms with E-state index in [-0.39, 0.29) is 36.9 Å². The number of ether oxygens (including phenoxy) is 2. The largest absolute Gasteiger partial charge is 0.464 e. The number of rotatable bonds is 14. The van der Waals surface area contributed by atoms with Crippen LogP contribution in [-0.2, 0) is 41.0 Å². The van der Waals surface area contributed by atoms with Crippen molar-refractivity contribution in [3.05, 3.63) is 71.8 Å². The fourth-order valence-electron chi connectivity index (χ4n) is 3.43. The normalized spacial score (nSPS) is 15.2. The third-order valence-corrected chi connectivity index (χ3v) is 7.37. The number of carbonyl (C=O) groups is 2. The molecule has 0 amide bonds. The first-order valence-corrected chi connectivity index (χ1v) is 15.1. The summed E-state index contributed by atoms with van der Waals surface area (Å²) in [6.07, 6.45) is 0.359. The molecule has 0 saturated carbocycles. The van der Waals surface area contributed by atoms with Crippen molar-refractivity contribution in [1.82, 2.24) is 10.2 Å². The molecule has 0 aromatic heterocycles. The summed E-state index contributed by atoms with van der Waals surface area (Å²) >= 11 is 5.87. The number of carbonyl (C=O) groups excluding carboxylic acids is 2. The van der Waals surface area contributed by atoms with Crippen LogP contribution in [0.1, 0.15) is 52.7 Å². The molecule has 0 aliphatic carbocycles. The summed E-state index contributed by atoms with van der Waals surface area (Å²) in [5.74, 6) is -1.19. The Balaban J connectivity index is 2.34. The fourth-order valence-corrected chi connectivity index (χ4v) is 5.42. The minimum Gasteiger partial charge on any atom is -0.464 e. The average molecular weight is 581 g/mol. The molecule has 2 N–H and O–H groups in total. The summed E-state index contributed by atoms with van der Waals surface area (Å²) in [5.41, 5.74) is 1.12. The zero-order valence-corrected chi connectivity index (χ0v) is 25.4. The van der Waals surface area contributed by atoms with E-state index in [1.54, 1.807) is 0 Å². The highest BCUT2D eigenvalue weighted by Gasteiger charge is 2.37. The number of benzene rings is 2. The molecule has 0 spiro atoms. The second-order valence-corrected chi connectivity index (χ2v) is 14.0. The Morgan fingerprint density at radius 1 is 0.744 bits per heavy atom. The highest BCUT2D eigenvalue weighted by molar-refractivity contribution is 7.54. The van der Waals surface area contributed by atoms with Crippen LogP contribution in [0.3, 0.4) is 0 Å². The molecule has 2 rings (SSSR count). The van der Waals surface area contributed by atoms with Gasteiger partial charge in [-0.2, -0.15) is 0 Å². The van der Waals surface area contributed by atoms with Crippen LogP contribution >= 0.6 is 19.3 Å². The van der Waals surface area contributed by atoms with Gasteiger partial charge >= 0.3 is 19.6 Å². The second kappa shape index (κ2) is 15.0. The molecule has 2 aromatic carbocycles. The minimum absolute atomic E-state index is 0.169. The zero-order chi connectivity index (χ0) is 29.1. The van der Waals surface area contributed by atoms with Gasteiger partial charge < -0.3 is 9.47 Å².